The second-order valence-corrected chi connectivity index (χ2v) is 6.09. The number of nitrogens with two attached hydrogens (primary N) is 1. The van der Waals surface area contributed by atoms with Gasteiger partial charge in [0.05, 0.1) is 28.3 Å². The van der Waals surface area contributed by atoms with Crippen molar-refractivity contribution < 1.29 is 12.9 Å². The number of aryl methyl sites for hydroxylation is 1. The van der Waals surface area contributed by atoms with Gasteiger partial charge in [0.15, 0.2) is 5.76 Å². The molecule has 3 N–H and O–H groups in total. The Morgan fingerprint density at radius 1 is 1.47 bits per heavy atom. The molecule has 19 heavy (non-hydrogen) atoms. The van der Waals surface area contributed by atoms with Crippen molar-refractivity contribution in [3.63, 3.8) is 0 Å². The Kier molecular flexibility index (Phi) is 3.79. The van der Waals surface area contributed by atoms with Crippen LogP contribution < -0.4 is 10.5 Å². The van der Waals surface area contributed by atoms with Crippen molar-refractivity contribution in [3.8, 4) is 0 Å². The van der Waals surface area contributed by atoms with Crippen LogP contribution in [0.25, 0.3) is 0 Å². The van der Waals surface area contributed by atoms with Crippen LogP contribution in [0, 0.1) is 6.92 Å². The third-order valence-electron chi connectivity index (χ3n) is 2.49. The Labute approximate surface area is 115 Å². The first-order valence-electron chi connectivity index (χ1n) is 5.35. The van der Waals surface area contributed by atoms with E-state index in [1.807, 2.05) is 0 Å². The second kappa shape index (κ2) is 5.20. The average molecular weight is 302 g/mol. The highest BCUT2D eigenvalue weighted by Gasteiger charge is 2.17. The van der Waals surface area contributed by atoms with Gasteiger partial charge in [0.1, 0.15) is 0 Å². The number of hydrogen-bond donors (Lipinski definition) is 2. The van der Waals surface area contributed by atoms with Gasteiger partial charge in [-0.05, 0) is 24.6 Å². The van der Waals surface area contributed by atoms with Gasteiger partial charge in [-0.2, -0.15) is 0 Å². The molecule has 2 aromatic rings. The zero-order valence-corrected chi connectivity index (χ0v) is 11.6. The number of halogens is 1. The lowest BCUT2D eigenvalue weighted by Crippen LogP contribution is -2.23. The zero-order valence-electron chi connectivity index (χ0n) is 10.1. The molecule has 102 valence electrons. The van der Waals surface area contributed by atoms with Crippen molar-refractivity contribution in [3.05, 3.63) is 40.7 Å². The lowest BCUT2D eigenvalue weighted by Gasteiger charge is -2.09. The van der Waals surface area contributed by atoms with Crippen LogP contribution >= 0.6 is 11.6 Å². The first-order valence-corrected chi connectivity index (χ1v) is 7.21. The first kappa shape index (κ1) is 13.9. The molecule has 0 aliphatic rings. The molecule has 0 saturated heterocycles. The van der Waals surface area contributed by atoms with E-state index in [4.69, 9.17) is 21.9 Å². The van der Waals surface area contributed by atoms with Gasteiger partial charge in [0.2, 0.25) is 10.0 Å². The molecule has 0 unspecified atom stereocenters. The number of rotatable bonds is 4. The van der Waals surface area contributed by atoms with Gasteiger partial charge in [-0.15, -0.1) is 0 Å². The van der Waals surface area contributed by atoms with Gasteiger partial charge in [0.25, 0.3) is 0 Å². The highest BCUT2D eigenvalue weighted by atomic mass is 35.5. The fourth-order valence-corrected chi connectivity index (χ4v) is 2.72. The summed E-state index contributed by atoms with van der Waals surface area (Å²) in [5.41, 5.74) is 6.48. The highest BCUT2D eigenvalue weighted by molar-refractivity contribution is 7.89. The molecule has 1 aromatic carbocycles. The fourth-order valence-electron chi connectivity index (χ4n) is 1.50. The minimum atomic E-state index is -3.67. The van der Waals surface area contributed by atoms with Gasteiger partial charge in [-0.1, -0.05) is 16.8 Å². The lowest BCUT2D eigenvalue weighted by atomic mass is 10.2. The number of nitrogens with one attached hydrogen (secondary N) is 1. The molecule has 0 aliphatic heterocycles. The summed E-state index contributed by atoms with van der Waals surface area (Å²) in [5, 5.41) is 3.84. The number of hydrogen-bond acceptors (Lipinski definition) is 5. The normalized spacial score (nSPS) is 11.7. The van der Waals surface area contributed by atoms with Crippen LogP contribution in [0.3, 0.4) is 0 Å². The molecule has 1 heterocycles. The number of nitrogens with zero attached hydrogens (tertiary/aromatic N) is 1. The number of sulfonamides is 1. The highest BCUT2D eigenvalue weighted by Crippen LogP contribution is 2.26. The van der Waals surface area contributed by atoms with E-state index in [0.29, 0.717) is 16.3 Å². The summed E-state index contributed by atoms with van der Waals surface area (Å²) in [4.78, 5) is 0.0615. The SMILES string of the molecule is Cc1cc(S(=O)(=O)NCc2ccno2)cc(N)c1Cl. The number of anilines is 1. The van der Waals surface area contributed by atoms with Crippen LogP contribution in [0.2, 0.25) is 5.02 Å². The Balaban J connectivity index is 2.24. The largest absolute Gasteiger partial charge is 0.397 e. The predicted molar refractivity (Wildman–Crippen MR) is 71.1 cm³/mol. The Morgan fingerprint density at radius 3 is 2.79 bits per heavy atom. The minimum Gasteiger partial charge on any atom is -0.397 e. The van der Waals surface area contributed by atoms with Gasteiger partial charge in [-0.3, -0.25) is 0 Å². The van der Waals surface area contributed by atoms with Crippen LogP contribution in [0.4, 0.5) is 5.69 Å². The standard InChI is InChI=1S/C11H12ClN3O3S/c1-7-4-9(5-10(13)11(7)12)19(16,17)15-6-8-2-3-14-18-8/h2-5,15H,6,13H2,1H3. The molecule has 0 fully saturated rings. The van der Waals surface area contributed by atoms with E-state index in [1.54, 1.807) is 13.0 Å². The molecule has 0 atom stereocenters. The average Bonchev–Trinajstić information content (AvgIpc) is 2.86. The molecular weight excluding hydrogens is 290 g/mol. The summed E-state index contributed by atoms with van der Waals surface area (Å²) in [7, 11) is -3.67. The molecule has 0 amide bonds. The Bertz CT molecular complexity index is 660. The predicted octanol–water partition coefficient (Wildman–Crippen LogP) is 1.70. The summed E-state index contributed by atoms with van der Waals surface area (Å²) in [6.07, 6.45) is 1.44. The number of aromatic nitrogens is 1. The maximum absolute atomic E-state index is 12.1. The van der Waals surface area contributed by atoms with Gasteiger partial charge >= 0.3 is 0 Å². The maximum Gasteiger partial charge on any atom is 0.241 e. The molecule has 1 aromatic heterocycles. The molecule has 0 radical (unpaired) electrons. The second-order valence-electron chi connectivity index (χ2n) is 3.95. The monoisotopic (exact) mass is 301 g/mol. The number of benzene rings is 1. The first-order chi connectivity index (χ1) is 8.90. The minimum absolute atomic E-state index is 0.0178. The quantitative estimate of drug-likeness (QED) is 0.837. The zero-order chi connectivity index (χ0) is 14.0. The van der Waals surface area contributed by atoms with Gasteiger partial charge < -0.3 is 10.3 Å². The molecule has 8 heteroatoms. The molecule has 0 bridgehead atoms. The topological polar surface area (TPSA) is 98.2 Å². The van der Waals surface area contributed by atoms with Crippen LogP contribution in [0.5, 0.6) is 0 Å². The lowest BCUT2D eigenvalue weighted by molar-refractivity contribution is 0.380. The van der Waals surface area contributed by atoms with Crippen LogP contribution in [-0.4, -0.2) is 13.6 Å². The third-order valence-corrected chi connectivity index (χ3v) is 4.39. The Hall–Kier alpha value is -1.57. The van der Waals surface area contributed by atoms with Crippen molar-refractivity contribution in [2.24, 2.45) is 0 Å². The van der Waals surface area contributed by atoms with E-state index in [0.717, 1.165) is 0 Å². The van der Waals surface area contributed by atoms with Crippen molar-refractivity contribution >= 4 is 27.3 Å². The van der Waals surface area contributed by atoms with Gasteiger partial charge in [-0.25, -0.2) is 13.1 Å². The van der Waals surface area contributed by atoms with E-state index in [9.17, 15) is 8.42 Å². The number of nitrogen functional groups attached to an aromatic ring is 1. The van der Waals surface area contributed by atoms with Crippen molar-refractivity contribution in [1.82, 2.24) is 9.88 Å². The van der Waals surface area contributed by atoms with Crippen molar-refractivity contribution in [2.45, 2.75) is 18.4 Å². The smallest absolute Gasteiger partial charge is 0.241 e. The summed E-state index contributed by atoms with van der Waals surface area (Å²) in [6, 6.07) is 4.35. The van der Waals surface area contributed by atoms with Crippen molar-refractivity contribution in [1.29, 1.82) is 0 Å². The molecular formula is C11H12ClN3O3S. The van der Waals surface area contributed by atoms with Crippen LogP contribution in [-0.2, 0) is 16.6 Å². The fraction of sp³-hybridized carbons (Fsp3) is 0.182. The third kappa shape index (κ3) is 3.06. The maximum atomic E-state index is 12.1. The molecule has 6 nitrogen and oxygen atoms in total. The van der Waals surface area contributed by atoms with E-state index in [2.05, 4.69) is 9.88 Å². The Morgan fingerprint density at radius 2 is 2.21 bits per heavy atom. The molecule has 0 saturated carbocycles. The molecule has 2 rings (SSSR count). The van der Waals surface area contributed by atoms with E-state index < -0.39 is 10.0 Å². The summed E-state index contributed by atoms with van der Waals surface area (Å²) < 4.78 is 31.3. The van der Waals surface area contributed by atoms with Crippen LogP contribution in [0.15, 0.2) is 33.8 Å². The van der Waals surface area contributed by atoms with Crippen LogP contribution in [0.1, 0.15) is 11.3 Å². The van der Waals surface area contributed by atoms with Gasteiger partial charge in [0, 0.05) is 6.07 Å². The molecule has 0 spiro atoms. The van der Waals surface area contributed by atoms with E-state index in [-0.39, 0.29) is 17.1 Å². The molecule has 0 aliphatic carbocycles. The summed E-state index contributed by atoms with van der Waals surface area (Å²) in [6.45, 7) is 1.71. The van der Waals surface area contributed by atoms with Crippen molar-refractivity contribution in [2.75, 3.05) is 5.73 Å². The van der Waals surface area contributed by atoms with E-state index in [1.165, 1.54) is 18.3 Å². The summed E-state index contributed by atoms with van der Waals surface area (Å²) >= 11 is 5.89. The van der Waals surface area contributed by atoms with E-state index >= 15 is 0 Å². The summed E-state index contributed by atoms with van der Waals surface area (Å²) in [5.74, 6) is 0.419.